The lowest BCUT2D eigenvalue weighted by Gasteiger charge is -1.94. The SMILES string of the molecule is c1cc[nH]c1.c1ccc2c(c1)CCN2.c1ccncc1. The molecule has 0 aliphatic carbocycles. The van der Waals surface area contributed by atoms with Crippen LogP contribution in [-0.4, -0.2) is 16.5 Å². The van der Waals surface area contributed by atoms with Crippen molar-refractivity contribution < 1.29 is 0 Å². The number of para-hydroxylation sites is 1. The first-order valence-electron chi connectivity index (χ1n) is 6.71. The van der Waals surface area contributed by atoms with Gasteiger partial charge in [0.05, 0.1) is 0 Å². The van der Waals surface area contributed by atoms with Gasteiger partial charge in [0.25, 0.3) is 0 Å². The lowest BCUT2D eigenvalue weighted by Crippen LogP contribution is -1.90. The zero-order valence-electron chi connectivity index (χ0n) is 11.4. The van der Waals surface area contributed by atoms with E-state index in [2.05, 4.69) is 39.6 Å². The zero-order valence-corrected chi connectivity index (χ0v) is 11.4. The number of rotatable bonds is 0. The van der Waals surface area contributed by atoms with Crippen molar-refractivity contribution in [2.45, 2.75) is 6.42 Å². The molecule has 2 aromatic heterocycles. The Bertz CT molecular complexity index is 495. The number of aromatic amines is 1. The quantitative estimate of drug-likeness (QED) is 0.650. The third kappa shape index (κ3) is 4.98. The number of hydrogen-bond donors (Lipinski definition) is 2. The van der Waals surface area contributed by atoms with Crippen LogP contribution in [-0.2, 0) is 6.42 Å². The van der Waals surface area contributed by atoms with Crippen LogP contribution in [0.25, 0.3) is 0 Å². The van der Waals surface area contributed by atoms with Crippen molar-refractivity contribution >= 4 is 5.69 Å². The van der Waals surface area contributed by atoms with Crippen molar-refractivity contribution in [2.24, 2.45) is 0 Å². The Kier molecular flexibility index (Phi) is 5.92. The van der Waals surface area contributed by atoms with Gasteiger partial charge < -0.3 is 10.3 Å². The molecule has 0 spiro atoms. The fraction of sp³-hybridized carbons (Fsp3) is 0.118. The number of aromatic nitrogens is 2. The maximum absolute atomic E-state index is 3.78. The van der Waals surface area contributed by atoms with Crippen LogP contribution in [0.3, 0.4) is 0 Å². The van der Waals surface area contributed by atoms with Crippen LogP contribution in [0.1, 0.15) is 5.56 Å². The summed E-state index contributed by atoms with van der Waals surface area (Å²) in [6.07, 6.45) is 8.44. The van der Waals surface area contributed by atoms with E-state index in [0.717, 1.165) is 6.54 Å². The predicted octanol–water partition coefficient (Wildman–Crippen LogP) is 3.75. The molecule has 0 amide bonds. The third-order valence-electron chi connectivity index (χ3n) is 2.79. The molecule has 0 radical (unpaired) electrons. The average Bonchev–Trinajstić information content (AvgIpc) is 3.24. The molecule has 1 aliphatic heterocycles. The molecule has 0 unspecified atom stereocenters. The van der Waals surface area contributed by atoms with Crippen molar-refractivity contribution in [1.82, 2.24) is 9.97 Å². The number of hydrogen-bond acceptors (Lipinski definition) is 2. The van der Waals surface area contributed by atoms with Crippen molar-refractivity contribution in [3.63, 3.8) is 0 Å². The number of fused-ring (bicyclic) bond motifs is 1. The van der Waals surface area contributed by atoms with E-state index in [0.29, 0.717) is 0 Å². The largest absolute Gasteiger partial charge is 0.384 e. The van der Waals surface area contributed by atoms with Gasteiger partial charge in [-0.2, -0.15) is 0 Å². The molecule has 0 bridgehead atoms. The predicted molar refractivity (Wildman–Crippen MR) is 83.7 cm³/mol. The molecule has 3 heteroatoms. The van der Waals surface area contributed by atoms with Crippen LogP contribution in [0.2, 0.25) is 0 Å². The molecule has 3 nitrogen and oxygen atoms in total. The highest BCUT2D eigenvalue weighted by atomic mass is 14.9. The van der Waals surface area contributed by atoms with Crippen molar-refractivity contribution in [3.8, 4) is 0 Å². The van der Waals surface area contributed by atoms with Gasteiger partial charge in [-0.05, 0) is 42.3 Å². The number of nitrogens with zero attached hydrogens (tertiary/aromatic N) is 1. The smallest absolute Gasteiger partial charge is 0.0373 e. The first kappa shape index (κ1) is 13.9. The molecule has 4 rings (SSSR count). The maximum Gasteiger partial charge on any atom is 0.0373 e. The first-order chi connectivity index (χ1) is 9.97. The fourth-order valence-electron chi connectivity index (χ4n) is 1.83. The highest BCUT2D eigenvalue weighted by Gasteiger charge is 2.05. The second-order valence-electron chi connectivity index (χ2n) is 4.24. The Labute approximate surface area is 119 Å². The summed E-state index contributed by atoms with van der Waals surface area (Å²) in [4.78, 5) is 6.65. The van der Waals surface area contributed by atoms with Gasteiger partial charge in [-0.25, -0.2) is 0 Å². The number of benzene rings is 1. The van der Waals surface area contributed by atoms with Gasteiger partial charge in [0.1, 0.15) is 0 Å². The van der Waals surface area contributed by atoms with Crippen LogP contribution in [0.5, 0.6) is 0 Å². The molecule has 2 N–H and O–H groups in total. The van der Waals surface area contributed by atoms with Crippen molar-refractivity contribution in [2.75, 3.05) is 11.9 Å². The molecule has 0 fully saturated rings. The maximum atomic E-state index is 3.78. The van der Waals surface area contributed by atoms with Crippen LogP contribution in [0, 0.1) is 0 Å². The molecular formula is C17H19N3. The molecule has 0 atom stereocenters. The van der Waals surface area contributed by atoms with E-state index < -0.39 is 0 Å². The topological polar surface area (TPSA) is 40.7 Å². The lowest BCUT2D eigenvalue weighted by atomic mass is 10.2. The minimum Gasteiger partial charge on any atom is -0.384 e. The van der Waals surface area contributed by atoms with Crippen LogP contribution >= 0.6 is 0 Å². The number of nitrogens with one attached hydrogen (secondary N) is 2. The second-order valence-corrected chi connectivity index (χ2v) is 4.24. The van der Waals surface area contributed by atoms with Crippen molar-refractivity contribution in [1.29, 1.82) is 0 Å². The summed E-state index contributed by atoms with van der Waals surface area (Å²) >= 11 is 0. The average molecular weight is 265 g/mol. The molecule has 0 saturated carbocycles. The van der Waals surface area contributed by atoms with E-state index in [9.17, 15) is 0 Å². The molecule has 0 saturated heterocycles. The lowest BCUT2D eigenvalue weighted by molar-refractivity contribution is 1.11. The highest BCUT2D eigenvalue weighted by Crippen LogP contribution is 2.19. The molecular weight excluding hydrogens is 246 g/mol. The van der Waals surface area contributed by atoms with E-state index in [1.807, 2.05) is 42.7 Å². The summed E-state index contributed by atoms with van der Waals surface area (Å²) in [5.41, 5.74) is 2.77. The molecule has 1 aliphatic rings. The second kappa shape index (κ2) is 8.53. The standard InChI is InChI=1S/C8H9N.C5H5N.C4H5N/c1-2-4-8-7(3-1)5-6-9-8;1-2-4-6-5-3-1;1-2-4-5-3-1/h1-4,9H,5-6H2;1-5H;1-5H. The van der Waals surface area contributed by atoms with Gasteiger partial charge in [0.2, 0.25) is 0 Å². The summed E-state index contributed by atoms with van der Waals surface area (Å²) in [6.45, 7) is 1.11. The van der Waals surface area contributed by atoms with Gasteiger partial charge >= 0.3 is 0 Å². The molecule has 102 valence electrons. The molecule has 3 heterocycles. The zero-order chi connectivity index (χ0) is 13.9. The number of pyridine rings is 1. The van der Waals surface area contributed by atoms with Gasteiger partial charge in [0, 0.05) is 37.0 Å². The summed E-state index contributed by atoms with van der Waals surface area (Å²) in [5, 5.41) is 3.30. The van der Waals surface area contributed by atoms with E-state index in [1.54, 1.807) is 12.4 Å². The van der Waals surface area contributed by atoms with E-state index in [-0.39, 0.29) is 0 Å². The Hall–Kier alpha value is -2.55. The van der Waals surface area contributed by atoms with Crippen LogP contribution < -0.4 is 5.32 Å². The summed E-state index contributed by atoms with van der Waals surface area (Å²) < 4.78 is 0. The Balaban J connectivity index is 0.000000117. The normalized spacial score (nSPS) is 11.0. The Morgan fingerprint density at radius 3 is 2.05 bits per heavy atom. The number of H-pyrrole nitrogens is 1. The molecule has 1 aromatic carbocycles. The fourth-order valence-corrected chi connectivity index (χ4v) is 1.83. The van der Waals surface area contributed by atoms with Gasteiger partial charge in [-0.1, -0.05) is 24.3 Å². The van der Waals surface area contributed by atoms with Crippen LogP contribution in [0.4, 0.5) is 5.69 Å². The van der Waals surface area contributed by atoms with Crippen LogP contribution in [0.15, 0.2) is 79.4 Å². The summed E-state index contributed by atoms with van der Waals surface area (Å²) in [6, 6.07) is 18.1. The van der Waals surface area contributed by atoms with Gasteiger partial charge in [-0.15, -0.1) is 0 Å². The van der Waals surface area contributed by atoms with E-state index >= 15 is 0 Å². The molecule has 20 heavy (non-hydrogen) atoms. The minimum absolute atomic E-state index is 1.11. The van der Waals surface area contributed by atoms with Gasteiger partial charge in [-0.3, -0.25) is 4.98 Å². The van der Waals surface area contributed by atoms with Gasteiger partial charge in [0.15, 0.2) is 0 Å². The minimum atomic E-state index is 1.11. The highest BCUT2D eigenvalue weighted by molar-refractivity contribution is 5.54. The molecule has 3 aromatic rings. The third-order valence-corrected chi connectivity index (χ3v) is 2.79. The van der Waals surface area contributed by atoms with E-state index in [4.69, 9.17) is 0 Å². The number of anilines is 1. The summed E-state index contributed by atoms with van der Waals surface area (Å²) in [5.74, 6) is 0. The van der Waals surface area contributed by atoms with E-state index in [1.165, 1.54) is 17.7 Å². The Morgan fingerprint density at radius 2 is 1.55 bits per heavy atom. The summed E-state index contributed by atoms with van der Waals surface area (Å²) in [7, 11) is 0. The van der Waals surface area contributed by atoms with Crippen molar-refractivity contribution in [3.05, 3.63) is 84.9 Å². The monoisotopic (exact) mass is 265 g/mol. The first-order valence-corrected chi connectivity index (χ1v) is 6.71. The Morgan fingerprint density at radius 1 is 0.800 bits per heavy atom.